The summed E-state index contributed by atoms with van der Waals surface area (Å²) in [5.74, 6) is -0.979. The van der Waals surface area contributed by atoms with E-state index in [4.69, 9.17) is 0 Å². The molecule has 0 fully saturated rings. The van der Waals surface area contributed by atoms with Gasteiger partial charge in [-0.2, -0.15) is 0 Å². The lowest BCUT2D eigenvalue weighted by Crippen LogP contribution is -2.53. The number of carbonyl (C=O) groups is 1. The molecule has 90 valence electrons. The molecule has 0 aliphatic rings. The van der Waals surface area contributed by atoms with Gasteiger partial charge in [0.15, 0.2) is 0 Å². The molecule has 0 saturated carbocycles. The molecular weight excluding hydrogens is 234 g/mol. The van der Waals surface area contributed by atoms with Crippen molar-refractivity contribution in [3.05, 3.63) is 35.2 Å². The zero-order valence-electron chi connectivity index (χ0n) is 9.52. The lowest BCUT2D eigenvalue weighted by Gasteiger charge is -2.08. The van der Waals surface area contributed by atoms with Crippen molar-refractivity contribution >= 4 is 27.4 Å². The van der Waals surface area contributed by atoms with Crippen LogP contribution >= 0.6 is 11.3 Å². The van der Waals surface area contributed by atoms with E-state index in [1.807, 2.05) is 12.1 Å². The zero-order valence-corrected chi connectivity index (χ0v) is 10.3. The van der Waals surface area contributed by atoms with Crippen molar-refractivity contribution in [1.29, 1.82) is 0 Å². The monoisotopic (exact) mass is 249 g/mol. The molecule has 0 unspecified atom stereocenters. The van der Waals surface area contributed by atoms with Crippen molar-refractivity contribution in [2.24, 2.45) is 0 Å². The number of rotatable bonds is 5. The molecule has 1 aromatic carbocycles. The van der Waals surface area contributed by atoms with Gasteiger partial charge in [0, 0.05) is 33.4 Å². The molecule has 0 bridgehead atoms. The van der Waals surface area contributed by atoms with Crippen LogP contribution < -0.4 is 10.8 Å². The predicted octanol–water partition coefficient (Wildman–Crippen LogP) is 1.10. The largest absolute Gasteiger partial charge is 0.550 e. The lowest BCUT2D eigenvalue weighted by atomic mass is 10.0. The Balaban J connectivity index is 2.08. The van der Waals surface area contributed by atoms with Crippen molar-refractivity contribution < 1.29 is 15.6 Å². The summed E-state index contributed by atoms with van der Waals surface area (Å²) in [5.41, 5.74) is 5.35. The third kappa shape index (κ3) is 2.84. The van der Waals surface area contributed by atoms with Crippen molar-refractivity contribution in [3.8, 4) is 0 Å². The Labute approximate surface area is 104 Å². The summed E-state index contributed by atoms with van der Waals surface area (Å²) in [4.78, 5) is 10.4. The maximum absolute atomic E-state index is 10.4. The first kappa shape index (κ1) is 12.1. The molecule has 2 aromatic rings. The van der Waals surface area contributed by atoms with E-state index in [9.17, 15) is 9.90 Å². The van der Waals surface area contributed by atoms with Gasteiger partial charge in [0.1, 0.15) is 6.04 Å². The first-order valence-electron chi connectivity index (χ1n) is 5.67. The first-order chi connectivity index (χ1) is 8.18. The number of thiophene rings is 1. The van der Waals surface area contributed by atoms with Crippen LogP contribution in [0, 0.1) is 0 Å². The number of benzene rings is 1. The second-order valence-corrected chi connectivity index (χ2v) is 5.06. The molecule has 0 aliphatic heterocycles. The minimum absolute atomic E-state index is 0.119. The molecule has 3 nitrogen and oxygen atoms in total. The van der Waals surface area contributed by atoms with Crippen LogP contribution in [0.5, 0.6) is 0 Å². The topological polar surface area (TPSA) is 67.8 Å². The Hall–Kier alpha value is -1.39. The molecule has 3 N–H and O–H groups in total. The van der Waals surface area contributed by atoms with E-state index in [-0.39, 0.29) is 12.5 Å². The van der Waals surface area contributed by atoms with Gasteiger partial charge in [-0.05, 0) is 18.9 Å². The smallest absolute Gasteiger partial charge is 0.111 e. The summed E-state index contributed by atoms with van der Waals surface area (Å²) < 4.78 is 1.26. The second-order valence-electron chi connectivity index (χ2n) is 4.15. The Bertz CT molecular complexity index is 521. The minimum Gasteiger partial charge on any atom is -0.550 e. The fourth-order valence-corrected chi connectivity index (χ4v) is 3.01. The molecular formula is C13H15NO2S. The van der Waals surface area contributed by atoms with Gasteiger partial charge in [-0.15, -0.1) is 11.3 Å². The van der Waals surface area contributed by atoms with E-state index in [1.165, 1.54) is 15.6 Å². The molecule has 0 saturated heterocycles. The summed E-state index contributed by atoms with van der Waals surface area (Å²) >= 11 is 1.71. The minimum atomic E-state index is -0.979. The highest BCUT2D eigenvalue weighted by Crippen LogP contribution is 2.30. The highest BCUT2D eigenvalue weighted by atomic mass is 32.1. The van der Waals surface area contributed by atoms with E-state index in [0.717, 1.165) is 6.42 Å². The molecule has 4 heteroatoms. The summed E-state index contributed by atoms with van der Waals surface area (Å²) in [6.07, 6.45) is 1.53. The van der Waals surface area contributed by atoms with Crippen LogP contribution in [0.4, 0.5) is 0 Å². The molecule has 0 radical (unpaired) electrons. The van der Waals surface area contributed by atoms with Crippen LogP contribution in [-0.4, -0.2) is 5.97 Å². The fourth-order valence-electron chi connectivity index (χ4n) is 1.96. The number of carboxylic acid groups (broad SMARTS) is 1. The number of carboxylic acids is 1. The van der Waals surface area contributed by atoms with Gasteiger partial charge in [-0.25, -0.2) is 0 Å². The predicted molar refractivity (Wildman–Crippen MR) is 66.3 cm³/mol. The number of hydrogen-bond acceptors (Lipinski definition) is 3. The summed E-state index contributed by atoms with van der Waals surface area (Å²) in [7, 11) is 0. The Morgan fingerprint density at radius 1 is 1.41 bits per heavy atom. The molecule has 1 atom stereocenters. The number of aliphatic carboxylic acids is 1. The van der Waals surface area contributed by atoms with E-state index in [0.29, 0.717) is 6.42 Å². The van der Waals surface area contributed by atoms with Gasteiger partial charge in [0.2, 0.25) is 0 Å². The average Bonchev–Trinajstić information content (AvgIpc) is 2.72. The van der Waals surface area contributed by atoms with Crippen LogP contribution in [-0.2, 0) is 4.79 Å². The first-order valence-corrected chi connectivity index (χ1v) is 6.55. The van der Waals surface area contributed by atoms with Crippen LogP contribution in [0.25, 0.3) is 10.1 Å². The highest BCUT2D eigenvalue weighted by molar-refractivity contribution is 7.17. The normalized spacial score (nSPS) is 12.8. The van der Waals surface area contributed by atoms with E-state index in [2.05, 4.69) is 23.2 Å². The Morgan fingerprint density at radius 3 is 2.94 bits per heavy atom. The maximum atomic E-state index is 10.4. The van der Waals surface area contributed by atoms with Gasteiger partial charge in [-0.3, -0.25) is 0 Å². The average molecular weight is 249 g/mol. The Kier molecular flexibility index (Phi) is 3.76. The fraction of sp³-hybridized carbons (Fsp3) is 0.308. The van der Waals surface area contributed by atoms with Gasteiger partial charge in [0.05, 0.1) is 0 Å². The molecule has 1 aromatic heterocycles. The number of quaternary nitrogens is 1. The van der Waals surface area contributed by atoms with Crippen molar-refractivity contribution in [2.45, 2.75) is 25.3 Å². The molecule has 0 aliphatic carbocycles. The lowest BCUT2D eigenvalue weighted by molar-refractivity contribution is -0.427. The van der Waals surface area contributed by atoms with Gasteiger partial charge in [0.25, 0.3) is 0 Å². The number of carbonyl (C=O) groups excluding carboxylic acids is 1. The summed E-state index contributed by atoms with van der Waals surface area (Å²) in [5, 5.41) is 13.7. The Morgan fingerprint density at radius 2 is 2.18 bits per heavy atom. The third-order valence-electron chi connectivity index (χ3n) is 2.88. The third-order valence-corrected chi connectivity index (χ3v) is 3.87. The van der Waals surface area contributed by atoms with E-state index in [1.54, 1.807) is 11.3 Å². The zero-order chi connectivity index (χ0) is 12.3. The molecule has 1 heterocycles. The van der Waals surface area contributed by atoms with Gasteiger partial charge in [-0.1, -0.05) is 18.2 Å². The number of hydrogen-bond donors (Lipinski definition) is 1. The highest BCUT2D eigenvalue weighted by Gasteiger charge is 2.14. The molecule has 0 spiro atoms. The van der Waals surface area contributed by atoms with Crippen molar-refractivity contribution in [2.75, 3.05) is 0 Å². The van der Waals surface area contributed by atoms with Crippen LogP contribution in [0.1, 0.15) is 30.9 Å². The van der Waals surface area contributed by atoms with Crippen LogP contribution in [0.2, 0.25) is 0 Å². The molecule has 2 rings (SSSR count). The quantitative estimate of drug-likeness (QED) is 0.862. The van der Waals surface area contributed by atoms with E-state index >= 15 is 0 Å². The SMILES string of the molecule is [NH3+][C@H](CCCC(=O)[O-])c1csc2ccccc12. The van der Waals surface area contributed by atoms with Crippen LogP contribution in [0.3, 0.4) is 0 Å². The summed E-state index contributed by atoms with van der Waals surface area (Å²) in [6.45, 7) is 0. The standard InChI is InChI=1S/C13H15NO2S/c14-11(5-3-7-13(15)16)10-8-17-12-6-2-1-4-9(10)12/h1-2,4,6,8,11H,3,5,7,14H2,(H,15,16)/t11-/m1/s1. The maximum Gasteiger partial charge on any atom is 0.111 e. The van der Waals surface area contributed by atoms with Gasteiger partial charge >= 0.3 is 0 Å². The molecule has 17 heavy (non-hydrogen) atoms. The van der Waals surface area contributed by atoms with Crippen molar-refractivity contribution in [3.63, 3.8) is 0 Å². The molecule has 0 amide bonds. The van der Waals surface area contributed by atoms with Crippen LogP contribution in [0.15, 0.2) is 29.6 Å². The van der Waals surface area contributed by atoms with Gasteiger partial charge < -0.3 is 15.6 Å². The second kappa shape index (κ2) is 5.29. The van der Waals surface area contributed by atoms with Crippen molar-refractivity contribution in [1.82, 2.24) is 0 Å². The van der Waals surface area contributed by atoms with E-state index < -0.39 is 5.97 Å². The summed E-state index contributed by atoms with van der Waals surface area (Å²) in [6, 6.07) is 8.39. The number of fused-ring (bicyclic) bond motifs is 1.